The number of terminal acetylenes is 1. The second kappa shape index (κ2) is 8.56. The van der Waals surface area contributed by atoms with Crippen molar-refractivity contribution in [2.75, 3.05) is 6.61 Å². The molecule has 0 saturated carbocycles. The van der Waals surface area contributed by atoms with E-state index in [1.165, 1.54) is 0 Å². The van der Waals surface area contributed by atoms with Crippen LogP contribution in [0.4, 0.5) is 0 Å². The first-order chi connectivity index (χ1) is 7.99. The number of carbonyl (C=O) groups excluding carboxylic acids is 1. The Hall–Kier alpha value is -1.58. The summed E-state index contributed by atoms with van der Waals surface area (Å²) in [6, 6.07) is -1.67. The van der Waals surface area contributed by atoms with Gasteiger partial charge in [0, 0.05) is 6.42 Å². The SMILES string of the molecule is C#CCCOC(=O)C(N)CCCC(N)C(=O)O. The zero-order valence-corrected chi connectivity index (χ0v) is 9.59. The molecule has 0 heterocycles. The zero-order chi connectivity index (χ0) is 13.3. The fourth-order valence-corrected chi connectivity index (χ4v) is 1.12. The van der Waals surface area contributed by atoms with Crippen molar-refractivity contribution < 1.29 is 19.4 Å². The summed E-state index contributed by atoms with van der Waals surface area (Å²) in [5, 5.41) is 8.53. The molecule has 0 aromatic heterocycles. The molecule has 0 aliphatic heterocycles. The highest BCUT2D eigenvalue weighted by Gasteiger charge is 2.16. The molecule has 6 heteroatoms. The van der Waals surface area contributed by atoms with E-state index in [9.17, 15) is 9.59 Å². The lowest BCUT2D eigenvalue weighted by Crippen LogP contribution is -2.34. The van der Waals surface area contributed by atoms with Gasteiger partial charge in [-0.05, 0) is 19.3 Å². The number of nitrogens with two attached hydrogens (primary N) is 2. The second-order valence-corrected chi connectivity index (χ2v) is 3.60. The van der Waals surface area contributed by atoms with Crippen LogP contribution in [0.3, 0.4) is 0 Å². The lowest BCUT2D eigenvalue weighted by atomic mass is 10.1. The maximum absolute atomic E-state index is 11.3. The minimum atomic E-state index is -1.06. The first-order valence-electron chi connectivity index (χ1n) is 5.33. The normalized spacial score (nSPS) is 13.5. The van der Waals surface area contributed by atoms with Crippen molar-refractivity contribution in [2.24, 2.45) is 11.5 Å². The van der Waals surface area contributed by atoms with Gasteiger partial charge >= 0.3 is 11.9 Å². The summed E-state index contributed by atoms with van der Waals surface area (Å²) < 4.78 is 4.80. The zero-order valence-electron chi connectivity index (χ0n) is 9.59. The summed E-state index contributed by atoms with van der Waals surface area (Å²) in [5.41, 5.74) is 10.8. The van der Waals surface area contributed by atoms with E-state index < -0.39 is 24.0 Å². The average Bonchev–Trinajstić information content (AvgIpc) is 2.28. The Morgan fingerprint density at radius 1 is 1.29 bits per heavy atom. The fourth-order valence-electron chi connectivity index (χ4n) is 1.12. The maximum Gasteiger partial charge on any atom is 0.322 e. The Bertz CT molecular complexity index is 298. The van der Waals surface area contributed by atoms with Crippen LogP contribution in [0.1, 0.15) is 25.7 Å². The van der Waals surface area contributed by atoms with E-state index in [1.54, 1.807) is 0 Å². The monoisotopic (exact) mass is 242 g/mol. The van der Waals surface area contributed by atoms with Gasteiger partial charge in [-0.1, -0.05) is 0 Å². The Morgan fingerprint density at radius 2 is 1.88 bits per heavy atom. The van der Waals surface area contributed by atoms with E-state index in [0.29, 0.717) is 19.3 Å². The van der Waals surface area contributed by atoms with Crippen molar-refractivity contribution >= 4 is 11.9 Å². The summed E-state index contributed by atoms with van der Waals surface area (Å²) in [6.45, 7) is 0.150. The molecule has 0 radical (unpaired) electrons. The van der Waals surface area contributed by atoms with Crippen LogP contribution in [0.2, 0.25) is 0 Å². The number of hydrogen-bond acceptors (Lipinski definition) is 5. The number of aliphatic carboxylic acids is 1. The van der Waals surface area contributed by atoms with E-state index >= 15 is 0 Å². The molecule has 0 amide bonds. The van der Waals surface area contributed by atoms with Crippen LogP contribution in [0, 0.1) is 12.3 Å². The number of rotatable bonds is 8. The lowest BCUT2D eigenvalue weighted by Gasteiger charge is -2.11. The Balaban J connectivity index is 3.71. The molecule has 0 spiro atoms. The summed E-state index contributed by atoms with van der Waals surface area (Å²) in [5.74, 6) is 0.749. The van der Waals surface area contributed by atoms with Gasteiger partial charge in [-0.25, -0.2) is 0 Å². The van der Waals surface area contributed by atoms with Crippen LogP contribution in [0.25, 0.3) is 0 Å². The Labute approximate surface area is 100 Å². The van der Waals surface area contributed by atoms with Crippen LogP contribution in [0.15, 0.2) is 0 Å². The molecule has 6 nitrogen and oxygen atoms in total. The van der Waals surface area contributed by atoms with E-state index in [2.05, 4.69) is 5.92 Å². The van der Waals surface area contributed by atoms with Gasteiger partial charge in [0.2, 0.25) is 0 Å². The Kier molecular flexibility index (Phi) is 7.76. The van der Waals surface area contributed by atoms with Gasteiger partial charge in [0.25, 0.3) is 0 Å². The smallest absolute Gasteiger partial charge is 0.322 e. The predicted octanol–water partition coefficient (Wildman–Crippen LogP) is -0.538. The van der Waals surface area contributed by atoms with Gasteiger partial charge in [-0.3, -0.25) is 9.59 Å². The van der Waals surface area contributed by atoms with Crippen molar-refractivity contribution in [3.63, 3.8) is 0 Å². The van der Waals surface area contributed by atoms with Crippen molar-refractivity contribution in [1.29, 1.82) is 0 Å². The quantitative estimate of drug-likeness (QED) is 0.299. The average molecular weight is 242 g/mol. The summed E-state index contributed by atoms with van der Waals surface area (Å²) in [4.78, 5) is 21.7. The summed E-state index contributed by atoms with van der Waals surface area (Å²) >= 11 is 0. The first kappa shape index (κ1) is 15.4. The molecule has 0 aliphatic carbocycles. The van der Waals surface area contributed by atoms with Crippen LogP contribution < -0.4 is 11.5 Å². The van der Waals surface area contributed by atoms with Gasteiger partial charge in [0.1, 0.15) is 18.7 Å². The fraction of sp³-hybridized carbons (Fsp3) is 0.636. The minimum Gasteiger partial charge on any atom is -0.480 e. The maximum atomic E-state index is 11.3. The van der Waals surface area contributed by atoms with E-state index in [4.69, 9.17) is 27.7 Å². The number of carboxylic acid groups (broad SMARTS) is 1. The van der Waals surface area contributed by atoms with E-state index in [1.807, 2.05) is 0 Å². The van der Waals surface area contributed by atoms with E-state index in [0.717, 1.165) is 0 Å². The molecule has 2 unspecified atom stereocenters. The Morgan fingerprint density at radius 3 is 2.41 bits per heavy atom. The largest absolute Gasteiger partial charge is 0.480 e. The molecule has 0 bridgehead atoms. The van der Waals surface area contributed by atoms with Crippen LogP contribution in [-0.2, 0) is 14.3 Å². The van der Waals surface area contributed by atoms with Crippen molar-refractivity contribution in [3.8, 4) is 12.3 Å². The first-order valence-corrected chi connectivity index (χ1v) is 5.33. The molecule has 17 heavy (non-hydrogen) atoms. The highest BCUT2D eigenvalue weighted by atomic mass is 16.5. The molecule has 2 atom stereocenters. The van der Waals surface area contributed by atoms with Gasteiger partial charge in [0.15, 0.2) is 0 Å². The molecular formula is C11H18N2O4. The van der Waals surface area contributed by atoms with Crippen molar-refractivity contribution in [1.82, 2.24) is 0 Å². The summed E-state index contributed by atoms with van der Waals surface area (Å²) in [6.07, 6.45) is 6.42. The molecule has 96 valence electrons. The number of ether oxygens (including phenoxy) is 1. The topological polar surface area (TPSA) is 116 Å². The van der Waals surface area contributed by atoms with Gasteiger partial charge in [-0.15, -0.1) is 12.3 Å². The van der Waals surface area contributed by atoms with Crippen molar-refractivity contribution in [3.05, 3.63) is 0 Å². The highest BCUT2D eigenvalue weighted by Crippen LogP contribution is 2.03. The van der Waals surface area contributed by atoms with Crippen LogP contribution >= 0.6 is 0 Å². The van der Waals surface area contributed by atoms with Crippen LogP contribution in [-0.4, -0.2) is 35.7 Å². The molecule has 0 saturated heterocycles. The third kappa shape index (κ3) is 7.33. The minimum absolute atomic E-state index is 0.150. The van der Waals surface area contributed by atoms with Crippen molar-refractivity contribution in [2.45, 2.75) is 37.8 Å². The number of carboxylic acids is 1. The number of carbonyl (C=O) groups is 2. The predicted molar refractivity (Wildman–Crippen MR) is 61.8 cm³/mol. The van der Waals surface area contributed by atoms with E-state index in [-0.39, 0.29) is 13.0 Å². The highest BCUT2D eigenvalue weighted by molar-refractivity contribution is 5.75. The molecular weight excluding hydrogens is 224 g/mol. The number of hydrogen-bond donors (Lipinski definition) is 3. The molecule has 5 N–H and O–H groups in total. The standard InChI is InChI=1S/C11H18N2O4/c1-2-3-7-17-11(16)9(13)6-4-5-8(12)10(14)15/h1,8-9H,3-7,12-13H2,(H,14,15). The van der Waals surface area contributed by atoms with Gasteiger partial charge < -0.3 is 21.3 Å². The third-order valence-corrected chi connectivity index (χ3v) is 2.14. The summed E-state index contributed by atoms with van der Waals surface area (Å²) in [7, 11) is 0. The van der Waals surface area contributed by atoms with Crippen LogP contribution in [0.5, 0.6) is 0 Å². The second-order valence-electron chi connectivity index (χ2n) is 3.60. The third-order valence-electron chi connectivity index (χ3n) is 2.14. The number of esters is 1. The molecule has 0 aliphatic rings. The lowest BCUT2D eigenvalue weighted by molar-refractivity contribution is -0.145. The molecule has 0 aromatic carbocycles. The molecule has 0 aromatic rings. The van der Waals surface area contributed by atoms with Gasteiger partial charge in [0.05, 0.1) is 0 Å². The molecule has 0 rings (SSSR count). The molecule has 0 fully saturated rings. The van der Waals surface area contributed by atoms with Gasteiger partial charge in [-0.2, -0.15) is 0 Å².